The molecule has 1 aliphatic carbocycles. The summed E-state index contributed by atoms with van der Waals surface area (Å²) in [7, 11) is 0. The van der Waals surface area contributed by atoms with Gasteiger partial charge in [0.25, 0.3) is 0 Å². The van der Waals surface area contributed by atoms with E-state index in [0.717, 1.165) is 16.6 Å². The molecule has 47 heavy (non-hydrogen) atoms. The van der Waals surface area contributed by atoms with Gasteiger partial charge in [-0.15, -0.1) is 0 Å². The molecule has 0 amide bonds. The molecule has 1 aromatic heterocycles. The number of benzene rings is 7. The highest BCUT2D eigenvalue weighted by Gasteiger charge is 2.35. The second kappa shape index (κ2) is 10.2. The molecule has 224 valence electrons. The number of hydrogen-bond acceptors (Lipinski definition) is 1. The van der Waals surface area contributed by atoms with Crippen LogP contribution in [0.15, 0.2) is 156 Å². The number of rotatable bonds is 4. The number of furan rings is 1. The summed E-state index contributed by atoms with van der Waals surface area (Å²) in [6.07, 6.45) is 6.40. The number of fused-ring (bicyclic) bond motifs is 8. The lowest BCUT2D eigenvalue weighted by molar-refractivity contribution is 0.655. The van der Waals surface area contributed by atoms with Crippen LogP contribution in [0.4, 0.5) is 0 Å². The van der Waals surface area contributed by atoms with Crippen molar-refractivity contribution in [3.8, 4) is 22.3 Å². The van der Waals surface area contributed by atoms with Crippen molar-refractivity contribution >= 4 is 59.8 Å². The van der Waals surface area contributed by atoms with Crippen molar-refractivity contribution in [2.75, 3.05) is 0 Å². The molecule has 0 spiro atoms. The van der Waals surface area contributed by atoms with Gasteiger partial charge in [-0.3, -0.25) is 0 Å². The van der Waals surface area contributed by atoms with Crippen LogP contribution in [0.1, 0.15) is 31.9 Å². The first-order chi connectivity index (χ1) is 23.0. The van der Waals surface area contributed by atoms with E-state index in [4.69, 9.17) is 4.42 Å². The topological polar surface area (TPSA) is 13.1 Å². The van der Waals surface area contributed by atoms with E-state index in [0.29, 0.717) is 0 Å². The molecule has 1 nitrogen and oxygen atoms in total. The molecule has 0 saturated carbocycles. The van der Waals surface area contributed by atoms with E-state index in [-0.39, 0.29) is 5.41 Å². The molecule has 0 N–H and O–H groups in total. The Morgan fingerprint density at radius 1 is 0.596 bits per heavy atom. The van der Waals surface area contributed by atoms with Gasteiger partial charge in [0.1, 0.15) is 11.2 Å². The van der Waals surface area contributed by atoms with Crippen molar-refractivity contribution in [3.05, 3.63) is 163 Å². The second-order valence-corrected chi connectivity index (χ2v) is 13.2. The average Bonchev–Trinajstić information content (AvgIpc) is 3.58. The van der Waals surface area contributed by atoms with Gasteiger partial charge in [-0.25, -0.2) is 0 Å². The van der Waals surface area contributed by atoms with Crippen LogP contribution in [-0.2, 0) is 5.41 Å². The predicted octanol–water partition coefficient (Wildman–Crippen LogP) is 13.2. The molecule has 8 aromatic rings. The van der Waals surface area contributed by atoms with Crippen LogP contribution in [0.2, 0.25) is 0 Å². The van der Waals surface area contributed by atoms with Gasteiger partial charge in [-0.1, -0.05) is 136 Å². The van der Waals surface area contributed by atoms with E-state index < -0.39 is 0 Å². The van der Waals surface area contributed by atoms with Crippen LogP contribution in [0.25, 0.3) is 82.1 Å². The van der Waals surface area contributed by atoms with E-state index in [2.05, 4.69) is 149 Å². The van der Waals surface area contributed by atoms with Crippen molar-refractivity contribution in [1.82, 2.24) is 0 Å². The summed E-state index contributed by atoms with van der Waals surface area (Å²) >= 11 is 0. The van der Waals surface area contributed by atoms with Crippen molar-refractivity contribution in [1.29, 1.82) is 0 Å². The Bertz CT molecular complexity index is 2620. The third-order valence-electron chi connectivity index (χ3n) is 10.4. The third-order valence-corrected chi connectivity index (χ3v) is 10.4. The first-order valence-electron chi connectivity index (χ1n) is 16.4. The summed E-state index contributed by atoms with van der Waals surface area (Å²) in [5.41, 5.74) is 11.9. The first-order valence-corrected chi connectivity index (χ1v) is 16.4. The van der Waals surface area contributed by atoms with E-state index in [1.165, 1.54) is 82.2 Å². The van der Waals surface area contributed by atoms with Gasteiger partial charge in [0.05, 0.1) is 0 Å². The Morgan fingerprint density at radius 2 is 1.19 bits per heavy atom. The quantitative estimate of drug-likeness (QED) is 0.183. The van der Waals surface area contributed by atoms with E-state index in [9.17, 15) is 0 Å². The molecule has 0 bridgehead atoms. The fraction of sp³-hybridized carbons (Fsp3) is 0.0870. The molecular formula is C46H34O. The third kappa shape index (κ3) is 3.90. The molecule has 0 aliphatic heterocycles. The molecule has 9 rings (SSSR count). The van der Waals surface area contributed by atoms with E-state index in [1.54, 1.807) is 0 Å². The van der Waals surface area contributed by atoms with Crippen LogP contribution in [0, 0.1) is 0 Å². The molecule has 1 heterocycles. The molecule has 0 fully saturated rings. The van der Waals surface area contributed by atoms with Crippen LogP contribution in [0.3, 0.4) is 0 Å². The van der Waals surface area contributed by atoms with Gasteiger partial charge in [0.2, 0.25) is 0 Å². The summed E-state index contributed by atoms with van der Waals surface area (Å²) in [5, 5.41) is 9.81. The normalized spacial score (nSPS) is 14.4. The number of hydrogen-bond donors (Lipinski definition) is 0. The van der Waals surface area contributed by atoms with Gasteiger partial charge in [-0.05, 0) is 108 Å². The Hall–Kier alpha value is -5.66. The monoisotopic (exact) mass is 602 g/mol. The molecule has 0 atom stereocenters. The zero-order valence-corrected chi connectivity index (χ0v) is 26.9. The Balaban J connectivity index is 1.30. The Labute approximate surface area is 274 Å². The highest BCUT2D eigenvalue weighted by molar-refractivity contribution is 6.23. The molecular weight excluding hydrogens is 569 g/mol. The summed E-state index contributed by atoms with van der Waals surface area (Å²) in [5.74, 6) is 0. The number of para-hydroxylation sites is 1. The maximum atomic E-state index is 6.21. The van der Waals surface area contributed by atoms with Crippen LogP contribution in [0.5, 0.6) is 0 Å². The largest absolute Gasteiger partial charge is 0.456 e. The van der Waals surface area contributed by atoms with Crippen LogP contribution >= 0.6 is 0 Å². The Kier molecular flexibility index (Phi) is 5.98. The molecule has 7 aromatic carbocycles. The number of allylic oxidation sites excluding steroid dienone is 5. The molecule has 1 aliphatic rings. The summed E-state index contributed by atoms with van der Waals surface area (Å²) in [6.45, 7) is 10.9. The second-order valence-electron chi connectivity index (χ2n) is 13.2. The fourth-order valence-electron chi connectivity index (χ4n) is 8.25. The van der Waals surface area contributed by atoms with Gasteiger partial charge in [0.15, 0.2) is 0 Å². The van der Waals surface area contributed by atoms with Crippen LogP contribution < -0.4 is 0 Å². The van der Waals surface area contributed by atoms with Gasteiger partial charge >= 0.3 is 0 Å². The Morgan fingerprint density at radius 3 is 1.83 bits per heavy atom. The van der Waals surface area contributed by atoms with E-state index >= 15 is 0 Å². The first kappa shape index (κ1) is 27.6. The SMILES string of the molecule is C=CC1=C(/C=C\C)c2ccc(-c3c4ccccc4c(-c4ccc5c(ccc6oc7ccccc7c65)c4)c4ccccc34)cc2C1(C)C. The maximum Gasteiger partial charge on any atom is 0.136 e. The maximum absolute atomic E-state index is 6.21. The molecule has 0 unspecified atom stereocenters. The lowest BCUT2D eigenvalue weighted by atomic mass is 9.79. The predicted molar refractivity (Wildman–Crippen MR) is 202 cm³/mol. The molecule has 0 radical (unpaired) electrons. The van der Waals surface area contributed by atoms with Crippen LogP contribution in [-0.4, -0.2) is 0 Å². The lowest BCUT2D eigenvalue weighted by Crippen LogP contribution is -2.16. The van der Waals surface area contributed by atoms with Crippen molar-refractivity contribution in [2.24, 2.45) is 0 Å². The zero-order chi connectivity index (χ0) is 31.9. The smallest absolute Gasteiger partial charge is 0.136 e. The van der Waals surface area contributed by atoms with Gasteiger partial charge < -0.3 is 4.42 Å². The minimum Gasteiger partial charge on any atom is -0.456 e. The highest BCUT2D eigenvalue weighted by atomic mass is 16.3. The average molecular weight is 603 g/mol. The molecule has 1 heteroatoms. The highest BCUT2D eigenvalue weighted by Crippen LogP contribution is 2.50. The summed E-state index contributed by atoms with van der Waals surface area (Å²) in [4.78, 5) is 0. The lowest BCUT2D eigenvalue weighted by Gasteiger charge is -2.24. The molecule has 0 saturated heterocycles. The van der Waals surface area contributed by atoms with Crippen molar-refractivity contribution in [2.45, 2.75) is 26.2 Å². The standard InChI is InChI=1S/C46H34O/c1-5-13-32-33-24-21-30(27-40(33)46(3,4)39(32)6-2)44-36-16-9-7-14-34(36)43(35-15-8-10-17-37(35)44)29-20-23-31-28(26-29)22-25-42-45(31)38-18-11-12-19-41(38)47-42/h5-27H,2H2,1,3-4H3/b13-5-. The summed E-state index contributed by atoms with van der Waals surface area (Å²) < 4.78 is 6.21. The fourth-order valence-corrected chi connectivity index (χ4v) is 8.25. The van der Waals surface area contributed by atoms with Gasteiger partial charge in [0, 0.05) is 16.2 Å². The minimum atomic E-state index is -0.135. The zero-order valence-electron chi connectivity index (χ0n) is 26.9. The van der Waals surface area contributed by atoms with E-state index in [1.807, 2.05) is 18.2 Å². The van der Waals surface area contributed by atoms with Crippen molar-refractivity contribution < 1.29 is 4.42 Å². The van der Waals surface area contributed by atoms with Crippen molar-refractivity contribution in [3.63, 3.8) is 0 Å². The minimum absolute atomic E-state index is 0.135. The summed E-state index contributed by atoms with van der Waals surface area (Å²) in [6, 6.07) is 44.5. The van der Waals surface area contributed by atoms with Gasteiger partial charge in [-0.2, -0.15) is 0 Å².